The molecule has 0 heterocycles. The van der Waals surface area contributed by atoms with Crippen LogP contribution in [0.15, 0.2) is 71.6 Å². The van der Waals surface area contributed by atoms with E-state index in [1.807, 2.05) is 49.4 Å². The van der Waals surface area contributed by atoms with Crippen molar-refractivity contribution in [1.29, 1.82) is 0 Å². The number of fused-ring (bicyclic) bond motifs is 1. The third-order valence-electron chi connectivity index (χ3n) is 4.19. The molecule has 0 aromatic heterocycles. The number of nitrogens with one attached hydrogen (secondary N) is 1. The highest BCUT2D eigenvalue weighted by atomic mass is 32.2. The second-order valence-electron chi connectivity index (χ2n) is 5.99. The standard InChI is InChI=1S/C20H19NO3S/c1-14(19-9-5-7-17-6-3-4-8-20(17)19)21-25(23,24)18-12-10-16(11-13-18)15(2)22/h3-14,21H,1-2H3. The van der Waals surface area contributed by atoms with E-state index >= 15 is 0 Å². The van der Waals surface area contributed by atoms with Crippen LogP contribution in [-0.2, 0) is 10.0 Å². The van der Waals surface area contributed by atoms with Gasteiger partial charge in [0.1, 0.15) is 0 Å². The van der Waals surface area contributed by atoms with Gasteiger partial charge in [0.2, 0.25) is 10.0 Å². The van der Waals surface area contributed by atoms with Gasteiger partial charge >= 0.3 is 0 Å². The molecule has 0 bridgehead atoms. The van der Waals surface area contributed by atoms with E-state index < -0.39 is 10.0 Å². The van der Waals surface area contributed by atoms with Crippen molar-refractivity contribution in [1.82, 2.24) is 4.72 Å². The lowest BCUT2D eigenvalue weighted by molar-refractivity contribution is 0.101. The van der Waals surface area contributed by atoms with Crippen molar-refractivity contribution in [3.8, 4) is 0 Å². The number of hydrogen-bond donors (Lipinski definition) is 1. The van der Waals surface area contributed by atoms with Gasteiger partial charge in [-0.3, -0.25) is 4.79 Å². The summed E-state index contributed by atoms with van der Waals surface area (Å²) in [6.45, 7) is 3.27. The maximum atomic E-state index is 12.6. The summed E-state index contributed by atoms with van der Waals surface area (Å²) >= 11 is 0. The van der Waals surface area contributed by atoms with Crippen LogP contribution in [0, 0.1) is 0 Å². The van der Waals surface area contributed by atoms with E-state index in [0.717, 1.165) is 16.3 Å². The number of rotatable bonds is 5. The number of ketones is 1. The van der Waals surface area contributed by atoms with Gasteiger partial charge in [-0.2, -0.15) is 0 Å². The van der Waals surface area contributed by atoms with Crippen LogP contribution < -0.4 is 4.72 Å². The first-order valence-corrected chi connectivity index (χ1v) is 9.48. The Morgan fingerprint density at radius 1 is 0.920 bits per heavy atom. The van der Waals surface area contributed by atoms with Crippen LogP contribution in [0.3, 0.4) is 0 Å². The lowest BCUT2D eigenvalue weighted by atomic mass is 10.0. The van der Waals surface area contributed by atoms with Crippen LogP contribution >= 0.6 is 0 Å². The quantitative estimate of drug-likeness (QED) is 0.703. The number of carbonyl (C=O) groups excluding carboxylic acids is 1. The minimum atomic E-state index is -3.68. The Labute approximate surface area is 147 Å². The fourth-order valence-electron chi connectivity index (χ4n) is 2.86. The first-order chi connectivity index (χ1) is 11.9. The molecule has 3 rings (SSSR count). The molecule has 0 aliphatic carbocycles. The Bertz CT molecular complexity index is 1020. The summed E-state index contributed by atoms with van der Waals surface area (Å²) < 4.78 is 28.0. The SMILES string of the molecule is CC(=O)c1ccc(S(=O)(=O)NC(C)c2cccc3ccccc23)cc1. The van der Waals surface area contributed by atoms with Crippen molar-refractivity contribution in [3.05, 3.63) is 77.9 Å². The Kier molecular flexibility index (Phi) is 4.70. The van der Waals surface area contributed by atoms with Crippen LogP contribution in [0.4, 0.5) is 0 Å². The predicted molar refractivity (Wildman–Crippen MR) is 99.1 cm³/mol. The molecule has 1 atom stereocenters. The van der Waals surface area contributed by atoms with Crippen molar-refractivity contribution in [2.24, 2.45) is 0 Å². The summed E-state index contributed by atoms with van der Waals surface area (Å²) in [6.07, 6.45) is 0. The lowest BCUT2D eigenvalue weighted by Crippen LogP contribution is -2.27. The largest absolute Gasteiger partial charge is 0.295 e. The van der Waals surface area contributed by atoms with E-state index in [9.17, 15) is 13.2 Å². The monoisotopic (exact) mass is 353 g/mol. The molecule has 1 N–H and O–H groups in total. The molecule has 0 saturated heterocycles. The minimum Gasteiger partial charge on any atom is -0.295 e. The molecule has 0 amide bonds. The van der Waals surface area contributed by atoms with Crippen molar-refractivity contribution in [3.63, 3.8) is 0 Å². The van der Waals surface area contributed by atoms with Gasteiger partial charge in [0.05, 0.1) is 4.90 Å². The van der Waals surface area contributed by atoms with Crippen LogP contribution in [0.1, 0.15) is 35.8 Å². The number of hydrogen-bond acceptors (Lipinski definition) is 3. The molecule has 1 unspecified atom stereocenters. The molecule has 25 heavy (non-hydrogen) atoms. The fraction of sp³-hybridized carbons (Fsp3) is 0.150. The molecule has 0 radical (unpaired) electrons. The first-order valence-electron chi connectivity index (χ1n) is 7.99. The smallest absolute Gasteiger partial charge is 0.241 e. The number of sulfonamides is 1. The maximum Gasteiger partial charge on any atom is 0.241 e. The van der Waals surface area contributed by atoms with Crippen LogP contribution in [-0.4, -0.2) is 14.2 Å². The number of carbonyl (C=O) groups is 1. The molecule has 4 nitrogen and oxygen atoms in total. The molecule has 0 spiro atoms. The van der Waals surface area contributed by atoms with Gasteiger partial charge in [0, 0.05) is 11.6 Å². The summed E-state index contributed by atoms with van der Waals surface area (Å²) in [6, 6.07) is 19.3. The summed E-state index contributed by atoms with van der Waals surface area (Å²) in [5.74, 6) is -0.0963. The van der Waals surface area contributed by atoms with E-state index in [4.69, 9.17) is 0 Å². The summed E-state index contributed by atoms with van der Waals surface area (Å²) in [5, 5.41) is 2.09. The number of Topliss-reactive ketones (excluding diaryl/α,β-unsaturated/α-hetero) is 1. The van der Waals surface area contributed by atoms with Crippen LogP contribution in [0.5, 0.6) is 0 Å². The second kappa shape index (κ2) is 6.78. The van der Waals surface area contributed by atoms with Crippen molar-refractivity contribution in [2.75, 3.05) is 0 Å². The zero-order valence-electron chi connectivity index (χ0n) is 14.1. The highest BCUT2D eigenvalue weighted by Crippen LogP contribution is 2.25. The van der Waals surface area contributed by atoms with Crippen molar-refractivity contribution < 1.29 is 13.2 Å². The molecular weight excluding hydrogens is 334 g/mol. The Hall–Kier alpha value is -2.50. The first kappa shape index (κ1) is 17.3. The van der Waals surface area contributed by atoms with Gasteiger partial charge in [-0.25, -0.2) is 13.1 Å². The Balaban J connectivity index is 1.90. The van der Waals surface area contributed by atoms with E-state index in [1.165, 1.54) is 31.2 Å². The molecule has 3 aromatic rings. The topological polar surface area (TPSA) is 63.2 Å². The third kappa shape index (κ3) is 3.62. The van der Waals surface area contributed by atoms with Crippen molar-refractivity contribution >= 4 is 26.6 Å². The molecule has 0 saturated carbocycles. The highest BCUT2D eigenvalue weighted by molar-refractivity contribution is 7.89. The normalized spacial score (nSPS) is 12.9. The van der Waals surface area contributed by atoms with Gasteiger partial charge in [-0.1, -0.05) is 54.6 Å². The predicted octanol–water partition coefficient (Wildman–Crippen LogP) is 4.08. The van der Waals surface area contributed by atoms with Crippen LogP contribution in [0.25, 0.3) is 10.8 Å². The molecule has 0 aliphatic heterocycles. The van der Waals surface area contributed by atoms with E-state index in [0.29, 0.717) is 5.56 Å². The third-order valence-corrected chi connectivity index (χ3v) is 5.75. The van der Waals surface area contributed by atoms with E-state index in [2.05, 4.69) is 4.72 Å². The van der Waals surface area contributed by atoms with Gasteiger partial charge in [0.15, 0.2) is 5.78 Å². The second-order valence-corrected chi connectivity index (χ2v) is 7.71. The summed E-state index contributed by atoms with van der Waals surface area (Å²) in [7, 11) is -3.68. The molecule has 0 aliphatic rings. The zero-order valence-corrected chi connectivity index (χ0v) is 14.9. The van der Waals surface area contributed by atoms with Crippen LogP contribution in [0.2, 0.25) is 0 Å². The van der Waals surface area contributed by atoms with Gasteiger partial charge < -0.3 is 0 Å². The van der Waals surface area contributed by atoms with Gasteiger partial charge in [-0.15, -0.1) is 0 Å². The average Bonchev–Trinajstić information content (AvgIpc) is 2.61. The van der Waals surface area contributed by atoms with E-state index in [-0.39, 0.29) is 16.7 Å². The summed E-state index contributed by atoms with van der Waals surface area (Å²) in [5.41, 5.74) is 1.41. The highest BCUT2D eigenvalue weighted by Gasteiger charge is 2.19. The molecular formula is C20H19NO3S. The molecule has 128 valence electrons. The lowest BCUT2D eigenvalue weighted by Gasteiger charge is -2.17. The average molecular weight is 353 g/mol. The number of benzene rings is 3. The Morgan fingerprint density at radius 3 is 2.24 bits per heavy atom. The van der Waals surface area contributed by atoms with E-state index in [1.54, 1.807) is 0 Å². The molecule has 5 heteroatoms. The van der Waals surface area contributed by atoms with Gasteiger partial charge in [-0.05, 0) is 42.3 Å². The summed E-state index contributed by atoms with van der Waals surface area (Å²) in [4.78, 5) is 11.5. The van der Waals surface area contributed by atoms with Gasteiger partial charge in [0.25, 0.3) is 0 Å². The molecule has 3 aromatic carbocycles. The minimum absolute atomic E-state index is 0.0963. The zero-order chi connectivity index (χ0) is 18.0. The fourth-order valence-corrected chi connectivity index (χ4v) is 4.08. The van der Waals surface area contributed by atoms with Crippen molar-refractivity contribution in [2.45, 2.75) is 24.8 Å². The Morgan fingerprint density at radius 2 is 1.56 bits per heavy atom. The molecule has 0 fully saturated rings. The maximum absolute atomic E-state index is 12.6.